The Labute approximate surface area is 857 Å². The summed E-state index contributed by atoms with van der Waals surface area (Å²) in [5, 5.41) is 28.3. The second kappa shape index (κ2) is 33.6. The van der Waals surface area contributed by atoms with Crippen molar-refractivity contribution in [1.29, 1.82) is 0 Å². The standard InChI is InChI=1S/2C69H41N5O/c1-3-16-42(17-4-1)67-70-68(43-18-5-2-6-19-43)72-69(71-67)45-30-34-51-52-35-32-46(40-58(52)50-21-8-7-20-49(50)57(51)39-45)73-62-28-13-10-23-54(62)60-41-47(33-37-64(60)73)74-61-27-12-9-22-53(61)59-38-44(31-36-63(59)74)48-25-15-26-56-55-24-11-14-29-65(55)75-66(48)56;1-3-16-42(17-4-1)67-70-68(43-18-5-2-6-19-43)72-69(71-67)45-30-34-51-49-20-7-8-21-50(49)52-35-32-46(40-58(52)57(51)39-45)73-62-28-13-10-23-54(62)60-41-47(33-37-64(60)73)74-61-27-12-9-22-53(61)59-38-44(31-36-63(59)74)48-25-15-26-56-55-24-11-14-29-65(55)75-66(48)56/h2*1-41H. The number of hydrogen-bond acceptors (Lipinski definition) is 8. The van der Waals surface area contributed by atoms with Gasteiger partial charge in [-0.15, -0.1) is 0 Å². The highest BCUT2D eigenvalue weighted by molar-refractivity contribution is 6.29. The lowest BCUT2D eigenvalue weighted by molar-refractivity contribution is 0.669. The molecule has 12 nitrogen and oxygen atoms in total. The molecule has 24 aromatic carbocycles. The molecular weight excluding hydrogens is 1830 g/mol. The Morgan fingerprint density at radius 2 is 0.340 bits per heavy atom. The van der Waals surface area contributed by atoms with Crippen LogP contribution >= 0.6 is 0 Å². The molecule has 0 bridgehead atoms. The summed E-state index contributed by atoms with van der Waals surface area (Å²) >= 11 is 0. The molecule has 0 amide bonds. The molecule has 0 aliphatic heterocycles. The Hall–Kier alpha value is -20.3. The second-order valence-electron chi connectivity index (χ2n) is 39.0. The molecule has 0 spiro atoms. The smallest absolute Gasteiger partial charge is 0.164 e. The molecule has 696 valence electrons. The molecule has 0 fully saturated rings. The van der Waals surface area contributed by atoms with E-state index in [1.807, 2.05) is 121 Å². The number of nitrogens with zero attached hydrogens (tertiary/aromatic N) is 10. The molecule has 8 heterocycles. The summed E-state index contributed by atoms with van der Waals surface area (Å²) in [4.78, 5) is 30.4. The van der Waals surface area contributed by atoms with Gasteiger partial charge in [0.15, 0.2) is 34.9 Å². The Balaban J connectivity index is 0.000000135. The van der Waals surface area contributed by atoms with E-state index in [2.05, 4.69) is 394 Å². The van der Waals surface area contributed by atoms with E-state index in [0.717, 1.165) is 183 Å². The fourth-order valence-corrected chi connectivity index (χ4v) is 23.9. The third kappa shape index (κ3) is 13.4. The molecule has 12 heteroatoms. The van der Waals surface area contributed by atoms with Crippen LogP contribution in [0.1, 0.15) is 0 Å². The number of benzene rings is 24. The molecule has 0 atom stereocenters. The van der Waals surface area contributed by atoms with Crippen molar-refractivity contribution in [2.24, 2.45) is 0 Å². The average Bonchev–Trinajstić information content (AvgIpc) is 1.38. The molecular formula is C138H82N10O2. The molecule has 0 saturated carbocycles. The van der Waals surface area contributed by atoms with Crippen LogP contribution in [-0.2, 0) is 0 Å². The fraction of sp³-hybridized carbons (Fsp3) is 0. The van der Waals surface area contributed by atoms with Crippen LogP contribution in [0.25, 0.3) is 309 Å². The van der Waals surface area contributed by atoms with Crippen molar-refractivity contribution >= 4 is 196 Å². The van der Waals surface area contributed by atoms with E-state index in [9.17, 15) is 0 Å². The normalized spacial score (nSPS) is 12.0. The Bertz CT molecular complexity index is 11100. The summed E-state index contributed by atoms with van der Waals surface area (Å²) in [6.45, 7) is 0. The van der Waals surface area contributed by atoms with Crippen LogP contribution in [0.5, 0.6) is 0 Å². The first-order valence-corrected chi connectivity index (χ1v) is 50.8. The maximum absolute atomic E-state index is 6.52. The third-order valence-corrected chi connectivity index (χ3v) is 30.7. The first-order valence-electron chi connectivity index (χ1n) is 50.8. The number of aromatic nitrogens is 10. The monoisotopic (exact) mass is 1910 g/mol. The summed E-state index contributed by atoms with van der Waals surface area (Å²) in [6, 6.07) is 178. The van der Waals surface area contributed by atoms with Crippen LogP contribution < -0.4 is 0 Å². The van der Waals surface area contributed by atoms with Gasteiger partial charge in [0.1, 0.15) is 22.3 Å². The Kier molecular flexibility index (Phi) is 18.9. The number of hydrogen-bond donors (Lipinski definition) is 0. The van der Waals surface area contributed by atoms with E-state index in [1.54, 1.807) is 0 Å². The third-order valence-electron chi connectivity index (χ3n) is 30.7. The van der Waals surface area contributed by atoms with E-state index in [1.165, 1.54) is 91.6 Å². The molecule has 0 radical (unpaired) electrons. The van der Waals surface area contributed by atoms with E-state index < -0.39 is 0 Å². The number of rotatable bonds is 12. The van der Waals surface area contributed by atoms with Crippen molar-refractivity contribution in [2.45, 2.75) is 0 Å². The van der Waals surface area contributed by atoms with Gasteiger partial charge in [0.2, 0.25) is 0 Å². The summed E-state index contributed by atoms with van der Waals surface area (Å²) in [6.07, 6.45) is 0. The maximum Gasteiger partial charge on any atom is 0.164 e. The van der Waals surface area contributed by atoms with Gasteiger partial charge >= 0.3 is 0 Å². The average molecular weight is 1910 g/mol. The van der Waals surface area contributed by atoms with Gasteiger partial charge in [0.05, 0.1) is 44.1 Å². The first-order chi connectivity index (χ1) is 74.4. The number of furan rings is 2. The Morgan fingerprint density at radius 3 is 0.687 bits per heavy atom. The lowest BCUT2D eigenvalue weighted by Gasteiger charge is -2.15. The van der Waals surface area contributed by atoms with Crippen molar-refractivity contribution in [3.05, 3.63) is 497 Å². The molecule has 8 aromatic heterocycles. The second-order valence-corrected chi connectivity index (χ2v) is 39.0. The number of fused-ring (bicyclic) bond motifs is 30. The van der Waals surface area contributed by atoms with Gasteiger partial charge < -0.3 is 27.1 Å². The summed E-state index contributed by atoms with van der Waals surface area (Å²) in [5.74, 6) is 3.84. The van der Waals surface area contributed by atoms with E-state index in [4.69, 9.17) is 38.7 Å². The quantitative estimate of drug-likeness (QED) is 0.111. The summed E-state index contributed by atoms with van der Waals surface area (Å²) in [7, 11) is 0. The zero-order chi connectivity index (χ0) is 98.3. The van der Waals surface area contributed by atoms with Crippen LogP contribution in [0.4, 0.5) is 0 Å². The van der Waals surface area contributed by atoms with Crippen molar-refractivity contribution in [3.8, 4) is 113 Å². The predicted octanol–water partition coefficient (Wildman–Crippen LogP) is 36.2. The molecule has 0 N–H and O–H groups in total. The van der Waals surface area contributed by atoms with Gasteiger partial charge in [-0.3, -0.25) is 0 Å². The lowest BCUT2D eigenvalue weighted by atomic mass is 9.93. The van der Waals surface area contributed by atoms with Crippen LogP contribution in [0.15, 0.2) is 506 Å². The highest BCUT2D eigenvalue weighted by atomic mass is 16.3. The highest BCUT2D eigenvalue weighted by Crippen LogP contribution is 2.49. The van der Waals surface area contributed by atoms with E-state index in [0.29, 0.717) is 34.9 Å². The zero-order valence-electron chi connectivity index (χ0n) is 80.6. The zero-order valence-corrected chi connectivity index (χ0v) is 80.6. The predicted molar refractivity (Wildman–Crippen MR) is 620 cm³/mol. The van der Waals surface area contributed by atoms with Crippen LogP contribution in [-0.4, -0.2) is 48.2 Å². The minimum atomic E-state index is 0.629. The minimum absolute atomic E-state index is 0.629. The van der Waals surface area contributed by atoms with E-state index >= 15 is 0 Å². The topological polar surface area (TPSA) is 123 Å². The summed E-state index contributed by atoms with van der Waals surface area (Å²) in [5.41, 5.74) is 27.4. The van der Waals surface area contributed by atoms with E-state index in [-0.39, 0.29) is 0 Å². The first kappa shape index (κ1) is 84.2. The van der Waals surface area contributed by atoms with Gasteiger partial charge in [-0.1, -0.05) is 364 Å². The molecule has 150 heavy (non-hydrogen) atoms. The van der Waals surface area contributed by atoms with Gasteiger partial charge in [-0.2, -0.15) is 0 Å². The molecule has 0 aliphatic rings. The van der Waals surface area contributed by atoms with Crippen LogP contribution in [0, 0.1) is 0 Å². The van der Waals surface area contributed by atoms with Crippen molar-refractivity contribution in [3.63, 3.8) is 0 Å². The summed E-state index contributed by atoms with van der Waals surface area (Å²) < 4.78 is 22.7. The van der Waals surface area contributed by atoms with Gasteiger partial charge in [0.25, 0.3) is 0 Å². The lowest BCUT2D eigenvalue weighted by Crippen LogP contribution is -2.00. The SMILES string of the molecule is c1ccc(-c2nc(-c3ccccc3)nc(-c3ccc4c5ccc(-n6c7ccccc7c7cc(-n8c9ccccc9c9cc(-c%10cccc%11c%10oc%10ccccc%10%11)ccc98)ccc76)cc5c5ccccc5c4c3)n2)cc1.c1ccc(-c2nc(-c3ccccc3)nc(-c3ccc4c5ccccc5c5ccc(-n6c7ccccc7c7cc(-n8c9ccccc9c9cc(-c%10cccc%11c%10oc%10ccccc%10%11)ccc98)ccc76)cc5c4c3)n2)cc1. The fourth-order valence-electron chi connectivity index (χ4n) is 23.9. The molecule has 32 rings (SSSR count). The number of para-hydroxylation sites is 8. The van der Waals surface area contributed by atoms with Gasteiger partial charge in [0, 0.05) is 132 Å². The van der Waals surface area contributed by atoms with Crippen LogP contribution in [0.2, 0.25) is 0 Å². The largest absolute Gasteiger partial charge is 0.455 e. The van der Waals surface area contributed by atoms with Crippen LogP contribution in [0.3, 0.4) is 0 Å². The Morgan fingerprint density at radius 1 is 0.127 bits per heavy atom. The van der Waals surface area contributed by atoms with Gasteiger partial charge in [-0.25, -0.2) is 29.9 Å². The minimum Gasteiger partial charge on any atom is -0.455 e. The molecule has 0 unspecified atom stereocenters. The van der Waals surface area contributed by atoms with Crippen molar-refractivity contribution in [2.75, 3.05) is 0 Å². The highest BCUT2D eigenvalue weighted by Gasteiger charge is 2.27. The van der Waals surface area contributed by atoms with Crippen molar-refractivity contribution < 1.29 is 8.83 Å². The molecule has 0 saturated heterocycles. The molecule has 32 aromatic rings. The maximum atomic E-state index is 6.52. The van der Waals surface area contributed by atoms with Crippen molar-refractivity contribution in [1.82, 2.24) is 48.2 Å². The molecule has 0 aliphatic carbocycles. The van der Waals surface area contributed by atoms with Gasteiger partial charge in [-0.05, 0) is 209 Å².